The smallest absolute Gasteiger partial charge is 0.163 e. The van der Waals surface area contributed by atoms with Gasteiger partial charge in [-0.3, -0.25) is 0 Å². The van der Waals surface area contributed by atoms with Gasteiger partial charge < -0.3 is 10.1 Å². The Bertz CT molecular complexity index is 419. The Labute approximate surface area is 113 Å². The van der Waals surface area contributed by atoms with Crippen LogP contribution in [-0.2, 0) is 4.74 Å². The Kier molecular flexibility index (Phi) is 4.88. The van der Waals surface area contributed by atoms with Gasteiger partial charge in [-0.05, 0) is 45.2 Å². The molecule has 2 rings (SSSR count). The Hall–Kier alpha value is -1.00. The van der Waals surface area contributed by atoms with Gasteiger partial charge in [0.1, 0.15) is 0 Å². The Morgan fingerprint density at radius 3 is 2.74 bits per heavy atom. The highest BCUT2D eigenvalue weighted by molar-refractivity contribution is 5.22. The van der Waals surface area contributed by atoms with Crippen LogP contribution in [0.4, 0.5) is 8.78 Å². The van der Waals surface area contributed by atoms with Crippen molar-refractivity contribution in [2.45, 2.75) is 38.3 Å². The summed E-state index contributed by atoms with van der Waals surface area (Å²) in [6.45, 7) is 2.73. The molecule has 1 aromatic carbocycles. The van der Waals surface area contributed by atoms with Crippen LogP contribution in [0, 0.1) is 17.6 Å². The van der Waals surface area contributed by atoms with Crippen molar-refractivity contribution in [3.05, 3.63) is 35.4 Å². The average molecular weight is 269 g/mol. The lowest BCUT2D eigenvalue weighted by Crippen LogP contribution is -2.34. The maximum atomic E-state index is 13.8. The molecule has 1 aliphatic rings. The summed E-state index contributed by atoms with van der Waals surface area (Å²) in [4.78, 5) is 0. The molecule has 4 heteroatoms. The first-order valence-electron chi connectivity index (χ1n) is 6.88. The molecule has 1 atom stereocenters. The highest BCUT2D eigenvalue weighted by atomic mass is 19.2. The predicted octanol–water partition coefficient (Wildman–Crippen LogP) is 3.43. The fourth-order valence-electron chi connectivity index (χ4n) is 2.76. The van der Waals surface area contributed by atoms with Gasteiger partial charge >= 0.3 is 0 Å². The normalized spacial score (nSPS) is 24.0. The molecule has 0 bridgehead atoms. The van der Waals surface area contributed by atoms with E-state index in [1.165, 1.54) is 0 Å². The fraction of sp³-hybridized carbons (Fsp3) is 0.600. The summed E-state index contributed by atoms with van der Waals surface area (Å²) in [7, 11) is 1.79. The van der Waals surface area contributed by atoms with E-state index in [9.17, 15) is 8.78 Å². The van der Waals surface area contributed by atoms with Gasteiger partial charge in [-0.15, -0.1) is 0 Å². The van der Waals surface area contributed by atoms with Crippen molar-refractivity contribution in [2.75, 3.05) is 13.7 Å². The minimum atomic E-state index is -0.779. The second-order valence-electron chi connectivity index (χ2n) is 5.13. The van der Waals surface area contributed by atoms with Gasteiger partial charge in [0.15, 0.2) is 11.6 Å². The maximum absolute atomic E-state index is 13.8. The number of nitrogens with one attached hydrogen (secondary N) is 1. The lowest BCUT2D eigenvalue weighted by Gasteiger charge is -2.37. The van der Waals surface area contributed by atoms with Crippen molar-refractivity contribution in [1.82, 2.24) is 5.32 Å². The molecule has 1 aromatic rings. The number of halogens is 2. The van der Waals surface area contributed by atoms with Gasteiger partial charge in [0, 0.05) is 18.2 Å². The second-order valence-corrected chi connectivity index (χ2v) is 5.13. The van der Waals surface area contributed by atoms with E-state index in [1.807, 2.05) is 6.92 Å². The molecule has 0 spiro atoms. The standard InChI is InChI=1S/C15H21F2NO/c1-3-19-11-7-10(8-11)9-14(18-2)12-5-4-6-13(16)15(12)17/h4-6,10-11,14,18H,3,7-9H2,1-2H3. The van der Waals surface area contributed by atoms with Crippen molar-refractivity contribution in [1.29, 1.82) is 0 Å². The molecule has 0 heterocycles. The molecule has 0 radical (unpaired) electrons. The van der Waals surface area contributed by atoms with Crippen molar-refractivity contribution >= 4 is 0 Å². The molecule has 106 valence electrons. The summed E-state index contributed by atoms with van der Waals surface area (Å²) in [6.07, 6.45) is 3.21. The molecule has 1 aliphatic carbocycles. The van der Waals surface area contributed by atoms with Gasteiger partial charge in [0.25, 0.3) is 0 Å². The van der Waals surface area contributed by atoms with Gasteiger partial charge in [-0.25, -0.2) is 8.78 Å². The molecule has 2 nitrogen and oxygen atoms in total. The first-order valence-corrected chi connectivity index (χ1v) is 6.88. The monoisotopic (exact) mass is 269 g/mol. The number of hydrogen-bond donors (Lipinski definition) is 1. The topological polar surface area (TPSA) is 21.3 Å². The summed E-state index contributed by atoms with van der Waals surface area (Å²) in [5.41, 5.74) is 0.419. The van der Waals surface area contributed by atoms with Gasteiger partial charge in [-0.2, -0.15) is 0 Å². The highest BCUT2D eigenvalue weighted by Crippen LogP contribution is 2.37. The molecule has 1 fully saturated rings. The lowest BCUT2D eigenvalue weighted by molar-refractivity contribution is -0.0290. The number of benzene rings is 1. The third-order valence-corrected chi connectivity index (χ3v) is 3.87. The van der Waals surface area contributed by atoms with Crippen LogP contribution in [0.1, 0.15) is 37.8 Å². The maximum Gasteiger partial charge on any atom is 0.163 e. The van der Waals surface area contributed by atoms with E-state index in [-0.39, 0.29) is 6.04 Å². The zero-order valence-electron chi connectivity index (χ0n) is 11.5. The predicted molar refractivity (Wildman–Crippen MR) is 70.9 cm³/mol. The first kappa shape index (κ1) is 14.4. The van der Waals surface area contributed by atoms with Crippen LogP contribution >= 0.6 is 0 Å². The van der Waals surface area contributed by atoms with E-state index in [2.05, 4.69) is 5.32 Å². The van der Waals surface area contributed by atoms with E-state index in [0.29, 0.717) is 17.6 Å². The van der Waals surface area contributed by atoms with E-state index in [1.54, 1.807) is 19.2 Å². The molecule has 1 saturated carbocycles. The lowest BCUT2D eigenvalue weighted by atomic mass is 9.77. The molecular weight excluding hydrogens is 248 g/mol. The second kappa shape index (κ2) is 6.44. The van der Waals surface area contributed by atoms with Gasteiger partial charge in [0.2, 0.25) is 0 Å². The van der Waals surface area contributed by atoms with Crippen molar-refractivity contribution in [3.63, 3.8) is 0 Å². The van der Waals surface area contributed by atoms with Crippen LogP contribution < -0.4 is 5.32 Å². The summed E-state index contributed by atoms with van der Waals surface area (Å²) in [6, 6.07) is 4.23. The van der Waals surface area contributed by atoms with E-state index in [4.69, 9.17) is 4.74 Å². The van der Waals surface area contributed by atoms with Crippen LogP contribution in [0.25, 0.3) is 0 Å². The zero-order chi connectivity index (χ0) is 13.8. The van der Waals surface area contributed by atoms with Crippen molar-refractivity contribution < 1.29 is 13.5 Å². The Morgan fingerprint density at radius 2 is 2.11 bits per heavy atom. The largest absolute Gasteiger partial charge is 0.378 e. The molecule has 1 N–H and O–H groups in total. The molecule has 19 heavy (non-hydrogen) atoms. The van der Waals surface area contributed by atoms with Crippen molar-refractivity contribution in [3.8, 4) is 0 Å². The number of rotatable bonds is 6. The van der Waals surface area contributed by atoms with Gasteiger partial charge in [0.05, 0.1) is 6.10 Å². The molecular formula is C15H21F2NO. The van der Waals surface area contributed by atoms with Crippen LogP contribution in [0.15, 0.2) is 18.2 Å². The minimum Gasteiger partial charge on any atom is -0.378 e. The average Bonchev–Trinajstić information content (AvgIpc) is 2.36. The fourth-order valence-corrected chi connectivity index (χ4v) is 2.76. The van der Waals surface area contributed by atoms with E-state index < -0.39 is 11.6 Å². The quantitative estimate of drug-likeness (QED) is 0.854. The van der Waals surface area contributed by atoms with Gasteiger partial charge in [-0.1, -0.05) is 12.1 Å². The summed E-state index contributed by atoms with van der Waals surface area (Å²) >= 11 is 0. The number of hydrogen-bond acceptors (Lipinski definition) is 2. The third-order valence-electron chi connectivity index (χ3n) is 3.87. The van der Waals surface area contributed by atoms with Crippen LogP contribution in [-0.4, -0.2) is 19.8 Å². The highest BCUT2D eigenvalue weighted by Gasteiger charge is 2.32. The molecule has 1 unspecified atom stereocenters. The summed E-state index contributed by atoms with van der Waals surface area (Å²) in [5.74, 6) is -0.988. The summed E-state index contributed by atoms with van der Waals surface area (Å²) in [5, 5.41) is 3.08. The van der Waals surface area contributed by atoms with E-state index in [0.717, 1.165) is 31.9 Å². The SMILES string of the molecule is CCOC1CC(CC(NC)c2cccc(F)c2F)C1. The summed E-state index contributed by atoms with van der Waals surface area (Å²) < 4.78 is 32.5. The zero-order valence-corrected chi connectivity index (χ0v) is 11.5. The Morgan fingerprint density at radius 1 is 1.37 bits per heavy atom. The van der Waals surface area contributed by atoms with E-state index >= 15 is 0 Å². The number of ether oxygens (including phenoxy) is 1. The molecule has 0 aromatic heterocycles. The molecule has 0 aliphatic heterocycles. The first-order chi connectivity index (χ1) is 9.15. The third kappa shape index (κ3) is 3.31. The molecule has 0 amide bonds. The Balaban J connectivity index is 1.96. The van der Waals surface area contributed by atoms with Crippen molar-refractivity contribution in [2.24, 2.45) is 5.92 Å². The van der Waals surface area contributed by atoms with Crippen LogP contribution in [0.3, 0.4) is 0 Å². The van der Waals surface area contributed by atoms with Crippen LogP contribution in [0.5, 0.6) is 0 Å². The van der Waals surface area contributed by atoms with Crippen LogP contribution in [0.2, 0.25) is 0 Å². The minimum absolute atomic E-state index is 0.136. The molecule has 0 saturated heterocycles.